The first-order valence-electron chi connectivity index (χ1n) is 6.86. The van der Waals surface area contributed by atoms with E-state index in [0.29, 0.717) is 22.2 Å². The van der Waals surface area contributed by atoms with Gasteiger partial charge in [-0.25, -0.2) is 9.59 Å². The molecule has 0 saturated heterocycles. The first-order valence-corrected chi connectivity index (χ1v) is 7.65. The maximum absolute atomic E-state index is 12.3. The zero-order chi connectivity index (χ0) is 16.0. The smallest absolute Gasteiger partial charge is 0.340 e. The van der Waals surface area contributed by atoms with Crippen LogP contribution in [0.2, 0.25) is 0 Å². The Morgan fingerprint density at radius 3 is 2.73 bits per heavy atom. The summed E-state index contributed by atoms with van der Waals surface area (Å²) in [6.07, 6.45) is 0. The summed E-state index contributed by atoms with van der Waals surface area (Å²) >= 11 is 3.42. The van der Waals surface area contributed by atoms with Gasteiger partial charge in [-0.3, -0.25) is 0 Å². The van der Waals surface area contributed by atoms with Crippen LogP contribution < -0.4 is 5.63 Å². The van der Waals surface area contributed by atoms with E-state index in [1.807, 2.05) is 13.8 Å². The number of H-pyrrole nitrogens is 1. The van der Waals surface area contributed by atoms with Crippen LogP contribution in [-0.4, -0.2) is 17.6 Å². The van der Waals surface area contributed by atoms with Crippen molar-refractivity contribution in [1.82, 2.24) is 4.98 Å². The number of esters is 1. The number of benzene rings is 1. The summed E-state index contributed by atoms with van der Waals surface area (Å²) < 4.78 is 11.1. The van der Waals surface area contributed by atoms with Crippen LogP contribution >= 0.6 is 15.9 Å². The van der Waals surface area contributed by atoms with Crippen LogP contribution in [0.3, 0.4) is 0 Å². The Morgan fingerprint density at radius 2 is 2.05 bits per heavy atom. The molecule has 1 N–H and O–H groups in total. The number of aromatic amines is 1. The summed E-state index contributed by atoms with van der Waals surface area (Å²) in [6, 6.07) is 3.22. The topological polar surface area (TPSA) is 72.3 Å². The summed E-state index contributed by atoms with van der Waals surface area (Å²) in [4.78, 5) is 27.1. The Kier molecular flexibility index (Phi) is 3.56. The zero-order valence-electron chi connectivity index (χ0n) is 12.4. The Balaban J connectivity index is 2.54. The van der Waals surface area contributed by atoms with Gasteiger partial charge in [-0.05, 0) is 48.3 Å². The van der Waals surface area contributed by atoms with Gasteiger partial charge in [0.1, 0.15) is 0 Å². The maximum Gasteiger partial charge on any atom is 0.340 e. The molecular weight excluding hydrogens is 350 g/mol. The Hall–Kier alpha value is -2.08. The van der Waals surface area contributed by atoms with E-state index in [1.165, 1.54) is 6.07 Å². The number of hydrogen-bond acceptors (Lipinski definition) is 4. The molecular formula is C16H14BrNO4. The van der Waals surface area contributed by atoms with E-state index < -0.39 is 5.63 Å². The molecule has 5 nitrogen and oxygen atoms in total. The van der Waals surface area contributed by atoms with E-state index in [-0.39, 0.29) is 5.97 Å². The van der Waals surface area contributed by atoms with E-state index in [0.717, 1.165) is 27.5 Å². The summed E-state index contributed by atoms with van der Waals surface area (Å²) in [5.41, 5.74) is 2.75. The molecule has 1 aromatic carbocycles. The maximum atomic E-state index is 12.3. The van der Waals surface area contributed by atoms with Crippen LogP contribution in [0.4, 0.5) is 0 Å². The van der Waals surface area contributed by atoms with Gasteiger partial charge in [0.2, 0.25) is 0 Å². The highest BCUT2D eigenvalue weighted by Crippen LogP contribution is 2.36. The second-order valence-electron chi connectivity index (χ2n) is 5.08. The molecule has 2 heterocycles. The van der Waals surface area contributed by atoms with E-state index in [4.69, 9.17) is 9.15 Å². The summed E-state index contributed by atoms with van der Waals surface area (Å²) in [6.45, 7) is 5.71. The van der Waals surface area contributed by atoms with Crippen LogP contribution in [0.5, 0.6) is 0 Å². The zero-order valence-corrected chi connectivity index (χ0v) is 14.0. The quantitative estimate of drug-likeness (QED) is 0.554. The number of carbonyl (C=O) groups is 1. The van der Waals surface area contributed by atoms with Crippen LogP contribution in [-0.2, 0) is 4.74 Å². The van der Waals surface area contributed by atoms with Gasteiger partial charge in [0.15, 0.2) is 5.58 Å². The Bertz CT molecular complexity index is 968. The molecule has 3 rings (SSSR count). The molecule has 2 aromatic heterocycles. The van der Waals surface area contributed by atoms with Crippen LogP contribution in [0.15, 0.2) is 25.8 Å². The van der Waals surface area contributed by atoms with Crippen molar-refractivity contribution in [2.24, 2.45) is 0 Å². The third-order valence-electron chi connectivity index (χ3n) is 3.59. The number of rotatable bonds is 2. The standard InChI is InChI=1S/C16H14BrNO4/c1-4-21-16(20)13-8(3)18-10-6-9(17)15-12(14(10)13)7(2)5-11(19)22-15/h5-6,18H,4H2,1-3H3. The van der Waals surface area contributed by atoms with Gasteiger partial charge in [0, 0.05) is 28.0 Å². The highest BCUT2D eigenvalue weighted by molar-refractivity contribution is 9.10. The molecule has 0 radical (unpaired) electrons. The van der Waals surface area contributed by atoms with E-state index >= 15 is 0 Å². The molecule has 0 spiro atoms. The lowest BCUT2D eigenvalue weighted by Gasteiger charge is -2.07. The van der Waals surface area contributed by atoms with Gasteiger partial charge < -0.3 is 14.1 Å². The molecule has 0 atom stereocenters. The number of halogens is 1. The number of fused-ring (bicyclic) bond motifs is 3. The third kappa shape index (κ3) is 2.14. The molecule has 3 aromatic rings. The molecule has 0 unspecified atom stereocenters. The summed E-state index contributed by atoms with van der Waals surface area (Å²) in [5, 5.41) is 1.45. The molecule has 0 aliphatic carbocycles. The van der Waals surface area contributed by atoms with Crippen molar-refractivity contribution in [2.75, 3.05) is 6.61 Å². The second-order valence-corrected chi connectivity index (χ2v) is 5.93. The Morgan fingerprint density at radius 1 is 1.32 bits per heavy atom. The van der Waals surface area contributed by atoms with Gasteiger partial charge in [-0.15, -0.1) is 0 Å². The monoisotopic (exact) mass is 363 g/mol. The van der Waals surface area contributed by atoms with E-state index in [1.54, 1.807) is 13.0 Å². The highest BCUT2D eigenvalue weighted by Gasteiger charge is 2.22. The lowest BCUT2D eigenvalue weighted by Crippen LogP contribution is -2.06. The minimum absolute atomic E-state index is 0.299. The van der Waals surface area contributed by atoms with Crippen LogP contribution in [0.25, 0.3) is 21.9 Å². The van der Waals surface area contributed by atoms with Crippen LogP contribution in [0, 0.1) is 13.8 Å². The molecule has 6 heteroatoms. The number of carbonyl (C=O) groups excluding carboxylic acids is 1. The largest absolute Gasteiger partial charge is 0.462 e. The van der Waals surface area contributed by atoms with Crippen molar-refractivity contribution >= 4 is 43.8 Å². The molecule has 0 amide bonds. The second kappa shape index (κ2) is 5.28. The molecule has 0 bridgehead atoms. The van der Waals surface area contributed by atoms with Crippen LogP contribution in [0.1, 0.15) is 28.5 Å². The molecule has 0 fully saturated rings. The fourth-order valence-electron chi connectivity index (χ4n) is 2.76. The number of nitrogens with one attached hydrogen (secondary N) is 1. The summed E-state index contributed by atoms with van der Waals surface area (Å²) in [7, 11) is 0. The van der Waals surface area contributed by atoms with Gasteiger partial charge in [-0.2, -0.15) is 0 Å². The first-order chi connectivity index (χ1) is 10.4. The van der Waals surface area contributed by atoms with E-state index in [9.17, 15) is 9.59 Å². The van der Waals surface area contributed by atoms with Gasteiger partial charge in [0.05, 0.1) is 16.6 Å². The molecule has 0 aliphatic rings. The fraction of sp³-hybridized carbons (Fsp3) is 0.250. The minimum atomic E-state index is -0.421. The summed E-state index contributed by atoms with van der Waals surface area (Å²) in [5.74, 6) is -0.388. The minimum Gasteiger partial charge on any atom is -0.462 e. The number of aryl methyl sites for hydroxylation is 2. The number of ether oxygens (including phenoxy) is 1. The van der Waals surface area contributed by atoms with E-state index in [2.05, 4.69) is 20.9 Å². The normalized spacial score (nSPS) is 11.3. The fourth-order valence-corrected chi connectivity index (χ4v) is 3.26. The average molecular weight is 364 g/mol. The first kappa shape index (κ1) is 14.8. The predicted molar refractivity (Wildman–Crippen MR) is 87.5 cm³/mol. The average Bonchev–Trinajstić information content (AvgIpc) is 2.74. The lowest BCUT2D eigenvalue weighted by molar-refractivity contribution is 0.0528. The molecule has 0 aliphatic heterocycles. The van der Waals surface area contributed by atoms with Gasteiger partial charge >= 0.3 is 11.6 Å². The van der Waals surface area contributed by atoms with Gasteiger partial charge in [0.25, 0.3) is 0 Å². The predicted octanol–water partition coefficient (Wildman–Crippen LogP) is 3.83. The van der Waals surface area contributed by atoms with Crippen molar-refractivity contribution in [3.63, 3.8) is 0 Å². The third-order valence-corrected chi connectivity index (χ3v) is 4.18. The van der Waals surface area contributed by atoms with Crippen molar-refractivity contribution in [3.05, 3.63) is 43.8 Å². The number of hydrogen-bond donors (Lipinski definition) is 1. The van der Waals surface area contributed by atoms with Crippen molar-refractivity contribution in [2.45, 2.75) is 20.8 Å². The van der Waals surface area contributed by atoms with Crippen molar-refractivity contribution < 1.29 is 13.9 Å². The molecule has 0 saturated carbocycles. The lowest BCUT2D eigenvalue weighted by atomic mass is 10.0. The van der Waals surface area contributed by atoms with Gasteiger partial charge in [-0.1, -0.05) is 0 Å². The Labute approximate surface area is 134 Å². The molecule has 22 heavy (non-hydrogen) atoms. The number of aromatic nitrogens is 1. The SMILES string of the molecule is CCOC(=O)c1c(C)[nH]c2cc(Br)c3oc(=O)cc(C)c3c12. The van der Waals surface area contributed by atoms with Crippen molar-refractivity contribution in [1.29, 1.82) is 0 Å². The molecule has 114 valence electrons. The highest BCUT2D eigenvalue weighted by atomic mass is 79.9. The van der Waals surface area contributed by atoms with Crippen molar-refractivity contribution in [3.8, 4) is 0 Å².